The summed E-state index contributed by atoms with van der Waals surface area (Å²) in [6.07, 6.45) is 6.46. The zero-order valence-corrected chi connectivity index (χ0v) is 14.2. The highest BCUT2D eigenvalue weighted by Crippen LogP contribution is 2.36. The Morgan fingerprint density at radius 3 is 2.30 bits per heavy atom. The van der Waals surface area contributed by atoms with Crippen LogP contribution in [0.4, 0.5) is 0 Å². The van der Waals surface area contributed by atoms with E-state index < -0.39 is 0 Å². The van der Waals surface area contributed by atoms with Crippen LogP contribution < -0.4 is 5.32 Å². The molecule has 0 aromatic heterocycles. The van der Waals surface area contributed by atoms with Crippen molar-refractivity contribution in [2.45, 2.75) is 84.5 Å². The van der Waals surface area contributed by atoms with Crippen LogP contribution in [0, 0.1) is 5.92 Å². The van der Waals surface area contributed by atoms with Crippen molar-refractivity contribution < 1.29 is 9.47 Å². The molecule has 0 heterocycles. The maximum atomic E-state index is 6.44. The van der Waals surface area contributed by atoms with Crippen LogP contribution in [0.3, 0.4) is 0 Å². The standard InChI is InChI=1S/C17H35NO2/c1-6-16-8-10-17(11-9-16,13-18-14(3)4)20-15(5)12-19-7-2/h14-16,18H,6-13H2,1-5H3. The lowest BCUT2D eigenvalue weighted by molar-refractivity contribution is -0.131. The predicted molar refractivity (Wildman–Crippen MR) is 85.2 cm³/mol. The summed E-state index contributed by atoms with van der Waals surface area (Å²) in [6, 6.07) is 0.515. The smallest absolute Gasteiger partial charge is 0.0811 e. The van der Waals surface area contributed by atoms with Crippen molar-refractivity contribution in [3.05, 3.63) is 0 Å². The maximum absolute atomic E-state index is 6.44. The lowest BCUT2D eigenvalue weighted by atomic mass is 9.77. The lowest BCUT2D eigenvalue weighted by Gasteiger charge is -2.42. The maximum Gasteiger partial charge on any atom is 0.0811 e. The van der Waals surface area contributed by atoms with Crippen LogP contribution in [0.5, 0.6) is 0 Å². The molecule has 0 amide bonds. The van der Waals surface area contributed by atoms with Gasteiger partial charge in [-0.15, -0.1) is 0 Å². The fourth-order valence-electron chi connectivity index (χ4n) is 3.08. The zero-order chi connectivity index (χ0) is 15.0. The van der Waals surface area contributed by atoms with Gasteiger partial charge in [-0.25, -0.2) is 0 Å². The molecule has 20 heavy (non-hydrogen) atoms. The minimum absolute atomic E-state index is 0.0203. The summed E-state index contributed by atoms with van der Waals surface area (Å²) >= 11 is 0. The van der Waals surface area contributed by atoms with Crippen molar-refractivity contribution >= 4 is 0 Å². The van der Waals surface area contributed by atoms with Gasteiger partial charge in [-0.3, -0.25) is 0 Å². The number of rotatable bonds is 9. The Labute approximate surface area is 125 Å². The average molecular weight is 285 g/mol. The molecule has 0 aliphatic heterocycles. The van der Waals surface area contributed by atoms with Gasteiger partial charge in [0, 0.05) is 19.2 Å². The Morgan fingerprint density at radius 2 is 1.80 bits per heavy atom. The normalized spacial score (nSPS) is 28.8. The van der Waals surface area contributed by atoms with Crippen LogP contribution >= 0.6 is 0 Å². The Kier molecular flexibility index (Phi) is 8.08. The van der Waals surface area contributed by atoms with E-state index in [1.165, 1.54) is 32.1 Å². The summed E-state index contributed by atoms with van der Waals surface area (Å²) in [4.78, 5) is 0. The van der Waals surface area contributed by atoms with Crippen LogP contribution in [0.2, 0.25) is 0 Å². The summed E-state index contributed by atoms with van der Waals surface area (Å²) < 4.78 is 11.9. The van der Waals surface area contributed by atoms with E-state index in [1.807, 2.05) is 6.92 Å². The summed E-state index contributed by atoms with van der Waals surface area (Å²) in [5.74, 6) is 0.896. The van der Waals surface area contributed by atoms with Gasteiger partial charge in [0.15, 0.2) is 0 Å². The summed E-state index contributed by atoms with van der Waals surface area (Å²) in [6.45, 7) is 13.3. The molecular formula is C17H35NO2. The van der Waals surface area contributed by atoms with Gasteiger partial charge >= 0.3 is 0 Å². The first-order valence-corrected chi connectivity index (χ1v) is 8.50. The molecule has 3 heteroatoms. The number of hydrogen-bond donors (Lipinski definition) is 1. The molecule has 0 saturated heterocycles. The largest absolute Gasteiger partial charge is 0.379 e. The molecule has 120 valence electrons. The highest BCUT2D eigenvalue weighted by Gasteiger charge is 2.37. The van der Waals surface area contributed by atoms with E-state index in [2.05, 4.69) is 33.0 Å². The van der Waals surface area contributed by atoms with E-state index in [1.54, 1.807) is 0 Å². The van der Waals surface area contributed by atoms with Crippen LogP contribution in [0.15, 0.2) is 0 Å². The van der Waals surface area contributed by atoms with E-state index in [-0.39, 0.29) is 11.7 Å². The first-order valence-electron chi connectivity index (χ1n) is 8.50. The molecule has 1 N–H and O–H groups in total. The second-order valence-corrected chi connectivity index (χ2v) is 6.66. The Hall–Kier alpha value is -0.120. The Bertz CT molecular complexity index is 247. The van der Waals surface area contributed by atoms with E-state index in [4.69, 9.17) is 9.47 Å². The van der Waals surface area contributed by atoms with Crippen molar-refractivity contribution in [2.24, 2.45) is 5.92 Å². The van der Waals surface area contributed by atoms with Crippen LogP contribution in [-0.2, 0) is 9.47 Å². The first-order chi connectivity index (χ1) is 9.51. The van der Waals surface area contributed by atoms with E-state index in [0.29, 0.717) is 12.6 Å². The van der Waals surface area contributed by atoms with Gasteiger partial charge < -0.3 is 14.8 Å². The molecule has 1 aliphatic carbocycles. The molecule has 1 aliphatic rings. The molecule has 1 saturated carbocycles. The second kappa shape index (κ2) is 9.01. The molecular weight excluding hydrogens is 250 g/mol. The van der Waals surface area contributed by atoms with Gasteiger partial charge in [-0.1, -0.05) is 27.2 Å². The zero-order valence-electron chi connectivity index (χ0n) is 14.2. The molecule has 1 fully saturated rings. The second-order valence-electron chi connectivity index (χ2n) is 6.66. The minimum Gasteiger partial charge on any atom is -0.379 e. The van der Waals surface area contributed by atoms with Gasteiger partial charge in [0.25, 0.3) is 0 Å². The van der Waals surface area contributed by atoms with Crippen LogP contribution in [0.25, 0.3) is 0 Å². The van der Waals surface area contributed by atoms with E-state index >= 15 is 0 Å². The van der Waals surface area contributed by atoms with Gasteiger partial charge in [0.05, 0.1) is 18.3 Å². The molecule has 0 aromatic rings. The van der Waals surface area contributed by atoms with Gasteiger partial charge in [-0.05, 0) is 45.4 Å². The third-order valence-corrected chi connectivity index (χ3v) is 4.43. The van der Waals surface area contributed by atoms with E-state index in [9.17, 15) is 0 Å². The third-order valence-electron chi connectivity index (χ3n) is 4.43. The van der Waals surface area contributed by atoms with Crippen molar-refractivity contribution in [2.75, 3.05) is 19.8 Å². The molecule has 1 atom stereocenters. The van der Waals surface area contributed by atoms with Crippen molar-refractivity contribution in [3.8, 4) is 0 Å². The summed E-state index contributed by atoms with van der Waals surface area (Å²) in [7, 11) is 0. The fraction of sp³-hybridized carbons (Fsp3) is 1.00. The van der Waals surface area contributed by atoms with Crippen LogP contribution in [0.1, 0.15) is 66.7 Å². The quantitative estimate of drug-likeness (QED) is 0.699. The molecule has 0 bridgehead atoms. The Morgan fingerprint density at radius 1 is 1.15 bits per heavy atom. The fourth-order valence-corrected chi connectivity index (χ4v) is 3.08. The highest BCUT2D eigenvalue weighted by molar-refractivity contribution is 4.90. The molecule has 1 unspecified atom stereocenters. The highest BCUT2D eigenvalue weighted by atomic mass is 16.5. The first kappa shape index (κ1) is 17.9. The Balaban J connectivity index is 2.55. The third kappa shape index (κ3) is 6.11. The van der Waals surface area contributed by atoms with Gasteiger partial charge in [0.1, 0.15) is 0 Å². The number of hydrogen-bond acceptors (Lipinski definition) is 3. The number of nitrogens with one attached hydrogen (secondary N) is 1. The van der Waals surface area contributed by atoms with Crippen LogP contribution in [-0.4, -0.2) is 37.5 Å². The molecule has 1 rings (SSSR count). The SMILES string of the molecule is CCOCC(C)OC1(CNC(C)C)CCC(CC)CC1. The molecule has 0 spiro atoms. The molecule has 0 radical (unpaired) electrons. The van der Waals surface area contributed by atoms with Crippen molar-refractivity contribution in [1.29, 1.82) is 0 Å². The topological polar surface area (TPSA) is 30.5 Å². The molecule has 3 nitrogen and oxygen atoms in total. The predicted octanol–water partition coefficient (Wildman–Crippen LogP) is 3.77. The van der Waals surface area contributed by atoms with Crippen molar-refractivity contribution in [3.63, 3.8) is 0 Å². The van der Waals surface area contributed by atoms with E-state index in [0.717, 1.165) is 19.1 Å². The average Bonchev–Trinajstić information content (AvgIpc) is 2.44. The number of ether oxygens (including phenoxy) is 2. The van der Waals surface area contributed by atoms with Gasteiger partial charge in [0.2, 0.25) is 0 Å². The lowest BCUT2D eigenvalue weighted by Crippen LogP contribution is -2.49. The monoisotopic (exact) mass is 285 g/mol. The molecule has 0 aromatic carbocycles. The summed E-state index contributed by atoms with van der Waals surface area (Å²) in [5, 5.41) is 3.58. The summed E-state index contributed by atoms with van der Waals surface area (Å²) in [5.41, 5.74) is 0.0203. The van der Waals surface area contributed by atoms with Crippen molar-refractivity contribution in [1.82, 2.24) is 5.32 Å². The van der Waals surface area contributed by atoms with Gasteiger partial charge in [-0.2, -0.15) is 0 Å². The minimum atomic E-state index is 0.0203.